The number of non-ortho nitro benzene ring substituents is 1. The number of aryl methyl sites for hydroxylation is 3. The van der Waals surface area contributed by atoms with E-state index >= 15 is 0 Å². The van der Waals surface area contributed by atoms with Gasteiger partial charge in [0.15, 0.2) is 5.13 Å². The lowest BCUT2D eigenvalue weighted by molar-refractivity contribution is -0.384. The number of nitrogens with one attached hydrogen (secondary N) is 2. The van der Waals surface area contributed by atoms with Crippen molar-refractivity contribution in [2.45, 2.75) is 33.6 Å². The van der Waals surface area contributed by atoms with Crippen molar-refractivity contribution in [3.8, 4) is 21.7 Å². The lowest BCUT2D eigenvalue weighted by Crippen LogP contribution is -2.21. The van der Waals surface area contributed by atoms with Crippen LogP contribution in [-0.4, -0.2) is 15.9 Å². The largest absolute Gasteiger partial charge is 0.325 e. The Bertz CT molecular complexity index is 1340. The molecule has 7 nitrogen and oxygen atoms in total. The molecule has 0 spiro atoms. The molecule has 0 aliphatic rings. The normalized spacial score (nSPS) is 10.7. The van der Waals surface area contributed by atoms with Crippen molar-refractivity contribution in [1.82, 2.24) is 4.98 Å². The molecule has 1 aromatic heterocycles. The molecule has 0 atom stereocenters. The van der Waals surface area contributed by atoms with Crippen LogP contribution in [0, 0.1) is 17.0 Å². The van der Waals surface area contributed by atoms with Gasteiger partial charge in [-0.3, -0.25) is 15.4 Å². The molecular weight excluding hydrogens is 460 g/mol. The Labute approximate surface area is 208 Å². The third-order valence-electron chi connectivity index (χ3n) is 5.75. The number of hydrogen-bond acceptors (Lipinski definition) is 5. The number of para-hydroxylation sites is 1. The van der Waals surface area contributed by atoms with E-state index in [0.717, 1.165) is 51.2 Å². The second-order valence-corrected chi connectivity index (χ2v) is 9.10. The van der Waals surface area contributed by atoms with E-state index in [-0.39, 0.29) is 11.7 Å². The van der Waals surface area contributed by atoms with Gasteiger partial charge >= 0.3 is 6.03 Å². The van der Waals surface area contributed by atoms with Gasteiger partial charge in [-0.15, -0.1) is 0 Å². The highest BCUT2D eigenvalue weighted by Gasteiger charge is 2.18. The molecule has 2 amide bonds. The van der Waals surface area contributed by atoms with E-state index in [1.54, 1.807) is 12.1 Å². The minimum Gasteiger partial charge on any atom is -0.307 e. The Hall–Kier alpha value is -4.04. The quantitative estimate of drug-likeness (QED) is 0.209. The van der Waals surface area contributed by atoms with E-state index in [1.807, 2.05) is 49.4 Å². The van der Waals surface area contributed by atoms with Gasteiger partial charge in [0.05, 0.1) is 15.5 Å². The predicted molar refractivity (Wildman–Crippen MR) is 142 cm³/mol. The number of nitrogens with zero attached hydrogens (tertiary/aromatic N) is 2. The highest BCUT2D eigenvalue weighted by atomic mass is 32.1. The van der Waals surface area contributed by atoms with Gasteiger partial charge in [-0.1, -0.05) is 73.2 Å². The minimum atomic E-state index is -0.423. The maximum Gasteiger partial charge on any atom is 0.325 e. The smallest absolute Gasteiger partial charge is 0.307 e. The summed E-state index contributed by atoms with van der Waals surface area (Å²) < 4.78 is 0. The maximum absolute atomic E-state index is 12.9. The number of rotatable bonds is 7. The lowest BCUT2D eigenvalue weighted by Gasteiger charge is -2.14. The molecule has 0 radical (unpaired) electrons. The number of aromatic nitrogens is 1. The van der Waals surface area contributed by atoms with E-state index in [0.29, 0.717) is 10.8 Å². The molecule has 8 heteroatoms. The maximum atomic E-state index is 12.9. The van der Waals surface area contributed by atoms with E-state index < -0.39 is 4.92 Å². The van der Waals surface area contributed by atoms with Crippen LogP contribution in [0.15, 0.2) is 66.7 Å². The standard InChI is InChI=1S/C27H26N4O3S/c1-4-18-7-6-8-19(5-2)23(18)28-26(32)30-27-29-24(20-11-9-17(3)10-12-20)25(35-27)21-13-15-22(16-14-21)31(33)34/h6-16H,4-5H2,1-3H3,(H2,28,29,30,32). The molecule has 2 N–H and O–H groups in total. The first-order valence-electron chi connectivity index (χ1n) is 11.4. The van der Waals surface area contributed by atoms with E-state index in [1.165, 1.54) is 23.5 Å². The topological polar surface area (TPSA) is 97.2 Å². The van der Waals surface area contributed by atoms with Crippen LogP contribution in [0.3, 0.4) is 0 Å². The fraction of sp³-hybridized carbons (Fsp3) is 0.185. The van der Waals surface area contributed by atoms with Gasteiger partial charge in [-0.05, 0) is 48.6 Å². The molecule has 35 heavy (non-hydrogen) atoms. The minimum absolute atomic E-state index is 0.0224. The number of benzene rings is 3. The van der Waals surface area contributed by atoms with Crippen LogP contribution < -0.4 is 10.6 Å². The Morgan fingerprint density at radius 3 is 2.09 bits per heavy atom. The number of nitro groups is 1. The number of hydrogen-bond donors (Lipinski definition) is 2. The van der Waals surface area contributed by atoms with Crippen LogP contribution in [0.25, 0.3) is 21.7 Å². The zero-order chi connectivity index (χ0) is 24.9. The molecule has 0 saturated carbocycles. The van der Waals surface area contributed by atoms with E-state index in [2.05, 4.69) is 24.5 Å². The van der Waals surface area contributed by atoms with Crippen LogP contribution in [0.1, 0.15) is 30.5 Å². The van der Waals surface area contributed by atoms with Gasteiger partial charge in [0.2, 0.25) is 0 Å². The van der Waals surface area contributed by atoms with E-state index in [4.69, 9.17) is 4.98 Å². The second kappa shape index (κ2) is 10.5. The van der Waals surface area contributed by atoms with E-state index in [9.17, 15) is 14.9 Å². The number of anilines is 2. The number of thiazole rings is 1. The lowest BCUT2D eigenvalue weighted by atomic mass is 10.0. The highest BCUT2D eigenvalue weighted by molar-refractivity contribution is 7.19. The molecule has 4 aromatic rings. The zero-order valence-corrected chi connectivity index (χ0v) is 20.6. The molecule has 0 bridgehead atoms. The number of amides is 2. The summed E-state index contributed by atoms with van der Waals surface area (Å²) in [5.74, 6) is 0. The Kier molecular flexibility index (Phi) is 7.22. The van der Waals surface area contributed by atoms with Crippen LogP contribution in [0.5, 0.6) is 0 Å². The van der Waals surface area contributed by atoms with Crippen LogP contribution in [0.4, 0.5) is 21.3 Å². The van der Waals surface area contributed by atoms with Crippen molar-refractivity contribution in [2.75, 3.05) is 10.6 Å². The fourth-order valence-electron chi connectivity index (χ4n) is 3.86. The van der Waals surface area contributed by atoms with Gasteiger partial charge in [-0.2, -0.15) is 0 Å². The van der Waals surface area contributed by atoms with Gasteiger partial charge in [0.25, 0.3) is 5.69 Å². The van der Waals surface area contributed by atoms with Crippen LogP contribution >= 0.6 is 11.3 Å². The molecule has 178 valence electrons. The first-order chi connectivity index (χ1) is 16.9. The summed E-state index contributed by atoms with van der Waals surface area (Å²) in [6.07, 6.45) is 1.62. The zero-order valence-electron chi connectivity index (χ0n) is 19.8. The molecule has 0 fully saturated rings. The summed E-state index contributed by atoms with van der Waals surface area (Å²) in [6.45, 7) is 6.13. The van der Waals surface area contributed by atoms with Crippen molar-refractivity contribution in [1.29, 1.82) is 0 Å². The number of carbonyl (C=O) groups is 1. The molecule has 3 aromatic carbocycles. The summed E-state index contributed by atoms with van der Waals surface area (Å²) in [5, 5.41) is 17.4. The summed E-state index contributed by atoms with van der Waals surface area (Å²) in [5.41, 5.74) is 6.54. The second-order valence-electron chi connectivity index (χ2n) is 8.10. The van der Waals surface area contributed by atoms with Crippen molar-refractivity contribution >= 4 is 33.9 Å². The first kappa shape index (κ1) is 24.1. The molecule has 0 aliphatic carbocycles. The third kappa shape index (κ3) is 5.38. The number of urea groups is 1. The van der Waals surface area contributed by atoms with Gasteiger partial charge in [-0.25, -0.2) is 9.78 Å². The SMILES string of the molecule is CCc1cccc(CC)c1NC(=O)Nc1nc(-c2ccc(C)cc2)c(-c2ccc([N+](=O)[O-])cc2)s1. The molecule has 0 saturated heterocycles. The average molecular weight is 487 g/mol. The number of nitro benzene ring substituents is 1. The van der Waals surface area contributed by atoms with Gasteiger partial charge < -0.3 is 5.32 Å². The van der Waals surface area contributed by atoms with Gasteiger partial charge in [0.1, 0.15) is 0 Å². The van der Waals surface area contributed by atoms with Crippen LogP contribution in [-0.2, 0) is 12.8 Å². The molecular formula is C27H26N4O3S. The third-order valence-corrected chi connectivity index (χ3v) is 6.77. The Balaban J connectivity index is 1.67. The molecule has 0 aliphatic heterocycles. The number of carbonyl (C=O) groups excluding carboxylic acids is 1. The monoisotopic (exact) mass is 486 g/mol. The summed E-state index contributed by atoms with van der Waals surface area (Å²) in [6, 6.07) is 20.0. The fourth-order valence-corrected chi connectivity index (χ4v) is 4.84. The predicted octanol–water partition coefficient (Wildman–Crippen LogP) is 7.46. The van der Waals surface area contributed by atoms with Crippen molar-refractivity contribution in [3.63, 3.8) is 0 Å². The van der Waals surface area contributed by atoms with Crippen LogP contribution in [0.2, 0.25) is 0 Å². The molecule has 1 heterocycles. The summed E-state index contributed by atoms with van der Waals surface area (Å²) in [7, 11) is 0. The van der Waals surface area contributed by atoms with Crippen molar-refractivity contribution in [2.24, 2.45) is 0 Å². The Morgan fingerprint density at radius 1 is 0.914 bits per heavy atom. The Morgan fingerprint density at radius 2 is 1.51 bits per heavy atom. The summed E-state index contributed by atoms with van der Waals surface area (Å²) in [4.78, 5) is 29.1. The van der Waals surface area contributed by atoms with Crippen molar-refractivity contribution < 1.29 is 9.72 Å². The van der Waals surface area contributed by atoms with Gasteiger partial charge in [0, 0.05) is 23.4 Å². The first-order valence-corrected chi connectivity index (χ1v) is 12.2. The van der Waals surface area contributed by atoms with Crippen molar-refractivity contribution in [3.05, 3.63) is 93.5 Å². The molecule has 0 unspecified atom stereocenters. The average Bonchev–Trinajstić information content (AvgIpc) is 3.28. The summed E-state index contributed by atoms with van der Waals surface area (Å²) >= 11 is 1.33. The molecule has 4 rings (SSSR count). The highest BCUT2D eigenvalue weighted by Crippen LogP contribution is 2.39.